The van der Waals surface area contributed by atoms with E-state index in [0.29, 0.717) is 16.9 Å². The third-order valence-corrected chi connectivity index (χ3v) is 6.25. The van der Waals surface area contributed by atoms with Gasteiger partial charge in [-0.1, -0.05) is 90.0 Å². The summed E-state index contributed by atoms with van der Waals surface area (Å²) in [6, 6.07) is 10.2. The summed E-state index contributed by atoms with van der Waals surface area (Å²) in [6.07, 6.45) is 9.70. The maximum absolute atomic E-state index is 6.53. The minimum atomic E-state index is 0.574. The Bertz CT molecular complexity index is 728. The van der Waals surface area contributed by atoms with Gasteiger partial charge in [-0.05, 0) is 42.9 Å². The van der Waals surface area contributed by atoms with Gasteiger partial charge in [-0.2, -0.15) is 0 Å². The lowest BCUT2D eigenvalue weighted by molar-refractivity contribution is 0.233. The molecule has 0 heterocycles. The fourth-order valence-electron chi connectivity index (χ4n) is 3.75. The second-order valence-electron chi connectivity index (χ2n) is 8.18. The molecule has 0 amide bonds. The first kappa shape index (κ1) is 23.9. The Morgan fingerprint density at radius 3 is 1.97 bits per heavy atom. The Kier molecular flexibility index (Phi) is 10.7. The Balaban J connectivity index is 2.16. The third kappa shape index (κ3) is 7.10. The maximum Gasteiger partial charge on any atom is 0.145 e. The van der Waals surface area contributed by atoms with Crippen LogP contribution in [0.15, 0.2) is 30.3 Å². The van der Waals surface area contributed by atoms with Gasteiger partial charge in [0, 0.05) is 10.8 Å². The molecule has 2 unspecified atom stereocenters. The SMILES string of the molecule is CCCCC(CC)COc1cccc2c(OCC(CC)CCCC)c(Cl)ccc12. The molecule has 0 N–H and O–H groups in total. The van der Waals surface area contributed by atoms with E-state index in [1.165, 1.54) is 38.5 Å². The number of rotatable bonds is 14. The lowest BCUT2D eigenvalue weighted by atomic mass is 10.0. The Morgan fingerprint density at radius 1 is 0.759 bits per heavy atom. The summed E-state index contributed by atoms with van der Waals surface area (Å²) in [7, 11) is 0. The van der Waals surface area contributed by atoms with Crippen LogP contribution in [0.25, 0.3) is 10.8 Å². The average molecular weight is 419 g/mol. The number of fused-ring (bicyclic) bond motifs is 1. The summed E-state index contributed by atoms with van der Waals surface area (Å²) in [4.78, 5) is 0. The van der Waals surface area contributed by atoms with E-state index in [0.717, 1.165) is 48.3 Å². The quantitative estimate of drug-likeness (QED) is 0.305. The highest BCUT2D eigenvalue weighted by Crippen LogP contribution is 2.38. The van der Waals surface area contributed by atoms with E-state index in [1.807, 2.05) is 12.1 Å². The molecule has 2 rings (SSSR count). The van der Waals surface area contributed by atoms with Crippen LogP contribution in [-0.2, 0) is 0 Å². The van der Waals surface area contributed by atoms with Crippen molar-refractivity contribution in [2.75, 3.05) is 13.2 Å². The fourth-order valence-corrected chi connectivity index (χ4v) is 3.97. The van der Waals surface area contributed by atoms with Crippen LogP contribution in [0.4, 0.5) is 0 Å². The van der Waals surface area contributed by atoms with Crippen LogP contribution in [0, 0.1) is 11.8 Å². The van der Waals surface area contributed by atoms with Gasteiger partial charge in [-0.25, -0.2) is 0 Å². The molecule has 0 bridgehead atoms. The monoisotopic (exact) mass is 418 g/mol. The van der Waals surface area contributed by atoms with E-state index < -0.39 is 0 Å². The van der Waals surface area contributed by atoms with Crippen molar-refractivity contribution < 1.29 is 9.47 Å². The molecule has 29 heavy (non-hydrogen) atoms. The topological polar surface area (TPSA) is 18.5 Å². The van der Waals surface area contributed by atoms with Crippen LogP contribution >= 0.6 is 11.6 Å². The molecule has 0 aliphatic carbocycles. The molecule has 2 atom stereocenters. The summed E-state index contributed by atoms with van der Waals surface area (Å²) in [6.45, 7) is 10.5. The molecule has 2 aromatic rings. The minimum absolute atomic E-state index is 0.574. The molecule has 0 fully saturated rings. The van der Waals surface area contributed by atoms with Gasteiger partial charge < -0.3 is 9.47 Å². The van der Waals surface area contributed by atoms with Crippen LogP contribution in [0.1, 0.15) is 79.1 Å². The molecular formula is C26H39ClO2. The van der Waals surface area contributed by atoms with Crippen molar-refractivity contribution in [3.63, 3.8) is 0 Å². The summed E-state index contributed by atoms with van der Waals surface area (Å²) < 4.78 is 12.5. The molecule has 2 aromatic carbocycles. The second-order valence-corrected chi connectivity index (χ2v) is 8.59. The van der Waals surface area contributed by atoms with E-state index in [-0.39, 0.29) is 0 Å². The zero-order valence-corrected chi connectivity index (χ0v) is 19.6. The first-order valence-corrected chi connectivity index (χ1v) is 12.0. The number of hydrogen-bond donors (Lipinski definition) is 0. The van der Waals surface area contributed by atoms with Gasteiger partial charge in [0.15, 0.2) is 0 Å². The summed E-state index contributed by atoms with van der Waals surface area (Å²) >= 11 is 6.53. The predicted octanol–water partition coefficient (Wildman–Crippen LogP) is 8.68. The number of ether oxygens (including phenoxy) is 2. The van der Waals surface area contributed by atoms with E-state index in [1.54, 1.807) is 0 Å². The lowest BCUT2D eigenvalue weighted by Crippen LogP contribution is -2.12. The van der Waals surface area contributed by atoms with Crippen molar-refractivity contribution in [2.45, 2.75) is 79.1 Å². The standard InChI is InChI=1S/C26H39ClO2/c1-5-9-12-20(7-3)18-28-25-15-11-14-23-22(25)16-17-24(27)26(23)29-19-21(8-4)13-10-6-2/h11,14-17,20-21H,5-10,12-13,18-19H2,1-4H3. The maximum atomic E-state index is 6.53. The Morgan fingerprint density at radius 2 is 1.38 bits per heavy atom. The van der Waals surface area contributed by atoms with Crippen molar-refractivity contribution in [2.24, 2.45) is 11.8 Å². The van der Waals surface area contributed by atoms with Crippen molar-refractivity contribution in [3.05, 3.63) is 35.4 Å². The number of hydrogen-bond acceptors (Lipinski definition) is 2. The van der Waals surface area contributed by atoms with Crippen LogP contribution < -0.4 is 9.47 Å². The zero-order chi connectivity index (χ0) is 21.1. The molecule has 0 aliphatic heterocycles. The molecule has 0 aromatic heterocycles. The van der Waals surface area contributed by atoms with Gasteiger partial charge in [-0.3, -0.25) is 0 Å². The molecule has 0 spiro atoms. The van der Waals surface area contributed by atoms with Crippen LogP contribution in [-0.4, -0.2) is 13.2 Å². The summed E-state index contributed by atoms with van der Waals surface area (Å²) in [5.41, 5.74) is 0. The Labute approximate surface area is 182 Å². The number of benzene rings is 2. The molecule has 0 radical (unpaired) electrons. The van der Waals surface area contributed by atoms with Gasteiger partial charge in [-0.15, -0.1) is 0 Å². The molecule has 0 aliphatic rings. The third-order valence-electron chi connectivity index (χ3n) is 5.95. The minimum Gasteiger partial charge on any atom is -0.493 e. The van der Waals surface area contributed by atoms with Crippen LogP contribution in [0.5, 0.6) is 11.5 Å². The molecule has 2 nitrogen and oxygen atoms in total. The predicted molar refractivity (Wildman–Crippen MR) is 127 cm³/mol. The zero-order valence-electron chi connectivity index (χ0n) is 18.8. The average Bonchev–Trinajstić information content (AvgIpc) is 2.75. The smallest absolute Gasteiger partial charge is 0.145 e. The molecule has 162 valence electrons. The highest BCUT2D eigenvalue weighted by atomic mass is 35.5. The summed E-state index contributed by atoms with van der Waals surface area (Å²) in [5, 5.41) is 2.80. The first-order valence-electron chi connectivity index (χ1n) is 11.6. The van der Waals surface area contributed by atoms with E-state index in [4.69, 9.17) is 21.1 Å². The van der Waals surface area contributed by atoms with Gasteiger partial charge >= 0.3 is 0 Å². The van der Waals surface area contributed by atoms with Gasteiger partial charge in [0.05, 0.1) is 18.2 Å². The van der Waals surface area contributed by atoms with Crippen molar-refractivity contribution in [1.82, 2.24) is 0 Å². The second kappa shape index (κ2) is 13.0. The van der Waals surface area contributed by atoms with Crippen molar-refractivity contribution >= 4 is 22.4 Å². The normalized spacial score (nSPS) is 13.4. The van der Waals surface area contributed by atoms with E-state index >= 15 is 0 Å². The fraction of sp³-hybridized carbons (Fsp3) is 0.615. The highest BCUT2D eigenvalue weighted by molar-refractivity contribution is 6.33. The van der Waals surface area contributed by atoms with Crippen LogP contribution in [0.2, 0.25) is 5.02 Å². The molecular weight excluding hydrogens is 380 g/mol. The van der Waals surface area contributed by atoms with Gasteiger partial charge in [0.1, 0.15) is 11.5 Å². The Hall–Kier alpha value is -1.41. The van der Waals surface area contributed by atoms with E-state index in [2.05, 4.69) is 45.9 Å². The van der Waals surface area contributed by atoms with Crippen LogP contribution in [0.3, 0.4) is 0 Å². The van der Waals surface area contributed by atoms with Gasteiger partial charge in [0.25, 0.3) is 0 Å². The van der Waals surface area contributed by atoms with Crippen molar-refractivity contribution in [1.29, 1.82) is 0 Å². The molecule has 3 heteroatoms. The van der Waals surface area contributed by atoms with Gasteiger partial charge in [0.2, 0.25) is 0 Å². The largest absolute Gasteiger partial charge is 0.493 e. The lowest BCUT2D eigenvalue weighted by Gasteiger charge is -2.19. The molecule has 0 saturated heterocycles. The highest BCUT2D eigenvalue weighted by Gasteiger charge is 2.15. The van der Waals surface area contributed by atoms with E-state index in [9.17, 15) is 0 Å². The van der Waals surface area contributed by atoms with Crippen molar-refractivity contribution in [3.8, 4) is 11.5 Å². The molecule has 0 saturated carbocycles. The number of unbranched alkanes of at least 4 members (excludes halogenated alkanes) is 2. The first-order chi connectivity index (χ1) is 14.1. The number of halogens is 1. The summed E-state index contributed by atoms with van der Waals surface area (Å²) in [5.74, 6) is 2.90.